The van der Waals surface area contributed by atoms with Crippen LogP contribution in [0.25, 0.3) is 77.4 Å². The molecule has 3 nitrogen and oxygen atoms in total. The van der Waals surface area contributed by atoms with E-state index >= 15 is 0 Å². The van der Waals surface area contributed by atoms with Crippen LogP contribution in [-0.4, -0.2) is 15.8 Å². The van der Waals surface area contributed by atoms with Crippen LogP contribution < -0.4 is 21.0 Å². The normalized spacial score (nSPS) is 13.8. The lowest BCUT2D eigenvalue weighted by Gasteiger charge is -2.36. The summed E-state index contributed by atoms with van der Waals surface area (Å²) in [5, 5.41) is 5.39. The van der Waals surface area contributed by atoms with Crippen LogP contribution in [0.5, 0.6) is 0 Å². The summed E-state index contributed by atoms with van der Waals surface area (Å²) in [5.41, 5.74) is 23.8. The van der Waals surface area contributed by atoms with Gasteiger partial charge in [0.15, 0.2) is 6.20 Å². The smallest absolute Gasteiger partial charge is 0.252 e. The van der Waals surface area contributed by atoms with Crippen molar-refractivity contribution in [1.82, 2.24) is 9.13 Å². The molecule has 0 saturated heterocycles. The summed E-state index contributed by atoms with van der Waals surface area (Å²) in [5.74, 6) is 0. The number of hydrogen-bond acceptors (Lipinski definition) is 0. The molecular formula is C59H61BN3+. The number of rotatable bonds is 2. The Labute approximate surface area is 374 Å². The molecule has 0 bridgehead atoms. The molecule has 0 fully saturated rings. The summed E-state index contributed by atoms with van der Waals surface area (Å²) in [7, 11) is 2.14. The Morgan fingerprint density at radius 2 is 0.937 bits per heavy atom. The SMILES string of the molecule is Cc1cc(-c2cc3c4c(c2)-n2c5ccc(C(C)(C)C)cc5c5cc(C(C)(C)C)cc(c52)B4c2cc(C(C)(C)C)cc4c5cc(C(C)(C)C)ccc5n-3c24)ccc1-c1cccc[n+]1C. The highest BCUT2D eigenvalue weighted by Gasteiger charge is 2.43. The first kappa shape index (κ1) is 39.9. The fourth-order valence-electron chi connectivity index (χ4n) is 11.0. The van der Waals surface area contributed by atoms with Gasteiger partial charge in [-0.3, -0.25) is 0 Å². The fourth-order valence-corrected chi connectivity index (χ4v) is 11.0. The fraction of sp³-hybridized carbons (Fsp3) is 0.305. The summed E-state index contributed by atoms with van der Waals surface area (Å²) in [6, 6.07) is 43.4. The van der Waals surface area contributed by atoms with Crippen molar-refractivity contribution in [3.05, 3.63) is 143 Å². The van der Waals surface area contributed by atoms with Crippen molar-refractivity contribution < 1.29 is 4.57 Å². The van der Waals surface area contributed by atoms with E-state index in [2.05, 4.69) is 226 Å². The van der Waals surface area contributed by atoms with Crippen molar-refractivity contribution in [2.24, 2.45) is 7.05 Å². The van der Waals surface area contributed by atoms with Gasteiger partial charge in [0.25, 0.3) is 6.71 Å². The zero-order valence-electron chi connectivity index (χ0n) is 39.9. The third-order valence-corrected chi connectivity index (χ3v) is 14.7. The van der Waals surface area contributed by atoms with Crippen molar-refractivity contribution >= 4 is 66.7 Å². The lowest BCUT2D eigenvalue weighted by Crippen LogP contribution is -2.59. The third kappa shape index (κ3) is 5.82. The largest absolute Gasteiger partial charge is 0.310 e. The van der Waals surface area contributed by atoms with Crippen LogP contribution in [0, 0.1) is 6.92 Å². The van der Waals surface area contributed by atoms with Gasteiger partial charge in [-0.2, -0.15) is 0 Å². The number of hydrogen-bond donors (Lipinski definition) is 0. The molecule has 11 rings (SSSR count). The van der Waals surface area contributed by atoms with Gasteiger partial charge < -0.3 is 9.13 Å². The van der Waals surface area contributed by atoms with E-state index in [0.29, 0.717) is 0 Å². The molecule has 314 valence electrons. The average molecular weight is 823 g/mol. The van der Waals surface area contributed by atoms with Gasteiger partial charge in [0.05, 0.1) is 11.0 Å². The number of pyridine rings is 1. The topological polar surface area (TPSA) is 13.7 Å². The van der Waals surface area contributed by atoms with Crippen LogP contribution in [-0.2, 0) is 28.7 Å². The highest BCUT2D eigenvalue weighted by molar-refractivity contribution is 7.00. The molecule has 0 aliphatic carbocycles. The van der Waals surface area contributed by atoms with Crippen molar-refractivity contribution in [2.75, 3.05) is 0 Å². The van der Waals surface area contributed by atoms with Crippen LogP contribution in [0.2, 0.25) is 0 Å². The minimum atomic E-state index is -0.0377. The zero-order valence-corrected chi connectivity index (χ0v) is 39.9. The molecule has 0 atom stereocenters. The third-order valence-electron chi connectivity index (χ3n) is 14.7. The molecule has 3 aromatic heterocycles. The Morgan fingerprint density at radius 1 is 0.460 bits per heavy atom. The molecule has 2 aliphatic heterocycles. The first-order valence-electron chi connectivity index (χ1n) is 23.1. The van der Waals surface area contributed by atoms with Crippen molar-refractivity contribution in [3.63, 3.8) is 0 Å². The molecule has 6 aromatic carbocycles. The Hall–Kier alpha value is -5.87. The standard InChI is InChI=1S/C59H61BN3/c1-34-25-35(18-21-41(34)48-17-15-16-24-61(48)14)36-26-51-53-52(27-36)63-50-23-20-38(57(5,6)7)29-43(50)45-31-40(59(11,12)13)33-47(55(45)63)60(53)46-32-39(58(8,9)10)30-44-42-28-37(56(2,3)4)19-22-49(42)62(51)54(44)46/h15-33H,1-14H3/q+1. The molecule has 0 spiro atoms. The number of nitrogens with zero attached hydrogens (tertiary/aromatic N) is 3. The second kappa shape index (κ2) is 12.9. The summed E-state index contributed by atoms with van der Waals surface area (Å²) in [4.78, 5) is 0. The Bertz CT molecular complexity index is 3270. The maximum Gasteiger partial charge on any atom is 0.252 e. The molecule has 2 aliphatic rings. The first-order chi connectivity index (χ1) is 29.6. The predicted octanol–water partition coefficient (Wildman–Crippen LogP) is 12.7. The van der Waals surface area contributed by atoms with E-state index in [0.717, 1.165) is 0 Å². The van der Waals surface area contributed by atoms with E-state index in [1.807, 2.05) is 0 Å². The van der Waals surface area contributed by atoms with Gasteiger partial charge in [0, 0.05) is 61.6 Å². The van der Waals surface area contributed by atoms with Crippen LogP contribution in [0.1, 0.15) is 111 Å². The molecule has 0 N–H and O–H groups in total. The van der Waals surface area contributed by atoms with Crippen LogP contribution in [0.3, 0.4) is 0 Å². The van der Waals surface area contributed by atoms with E-state index in [1.165, 1.54) is 122 Å². The Balaban J connectivity index is 1.33. The number of aromatic nitrogens is 3. The van der Waals surface area contributed by atoms with Crippen LogP contribution in [0.4, 0.5) is 0 Å². The monoisotopic (exact) mass is 822 g/mol. The molecule has 4 heteroatoms. The van der Waals surface area contributed by atoms with Crippen molar-refractivity contribution in [3.8, 4) is 33.8 Å². The van der Waals surface area contributed by atoms with Crippen molar-refractivity contribution in [1.29, 1.82) is 0 Å². The number of benzene rings is 6. The van der Waals surface area contributed by atoms with Gasteiger partial charge in [0.2, 0.25) is 5.69 Å². The lowest BCUT2D eigenvalue weighted by atomic mass is 9.34. The Kier molecular flexibility index (Phi) is 8.16. The van der Waals surface area contributed by atoms with Gasteiger partial charge >= 0.3 is 0 Å². The van der Waals surface area contributed by atoms with Gasteiger partial charge in [-0.25, -0.2) is 4.57 Å². The van der Waals surface area contributed by atoms with Gasteiger partial charge in [-0.1, -0.05) is 119 Å². The highest BCUT2D eigenvalue weighted by Crippen LogP contribution is 2.44. The summed E-state index contributed by atoms with van der Waals surface area (Å²) >= 11 is 0. The zero-order chi connectivity index (χ0) is 44.4. The minimum Gasteiger partial charge on any atom is -0.310 e. The highest BCUT2D eigenvalue weighted by atomic mass is 15.0. The van der Waals surface area contributed by atoms with E-state index < -0.39 is 0 Å². The molecular weight excluding hydrogens is 761 g/mol. The molecule has 63 heavy (non-hydrogen) atoms. The summed E-state index contributed by atoms with van der Waals surface area (Å²) < 4.78 is 7.53. The lowest BCUT2D eigenvalue weighted by molar-refractivity contribution is -0.660. The molecule has 0 unspecified atom stereocenters. The maximum absolute atomic E-state index is 2.65. The first-order valence-corrected chi connectivity index (χ1v) is 23.1. The number of aryl methyl sites for hydroxylation is 2. The van der Waals surface area contributed by atoms with E-state index in [9.17, 15) is 0 Å². The molecule has 0 saturated carbocycles. The average Bonchev–Trinajstić information content (AvgIpc) is 3.72. The maximum atomic E-state index is 2.65. The van der Waals surface area contributed by atoms with Crippen LogP contribution in [0.15, 0.2) is 115 Å². The van der Waals surface area contributed by atoms with Crippen LogP contribution >= 0.6 is 0 Å². The van der Waals surface area contributed by atoms with E-state index in [4.69, 9.17) is 0 Å². The second-order valence-corrected chi connectivity index (χ2v) is 23.1. The van der Waals surface area contributed by atoms with E-state index in [-0.39, 0.29) is 28.4 Å². The molecule has 9 aromatic rings. The summed E-state index contributed by atoms with van der Waals surface area (Å²) in [6.45, 7) is 30.6. The molecule has 5 heterocycles. The summed E-state index contributed by atoms with van der Waals surface area (Å²) in [6.07, 6.45) is 2.14. The van der Waals surface area contributed by atoms with Gasteiger partial charge in [0.1, 0.15) is 7.05 Å². The quantitative estimate of drug-likeness (QED) is 0.122. The minimum absolute atomic E-state index is 0.0220. The number of fused-ring (bicyclic) bond motifs is 10. The second-order valence-electron chi connectivity index (χ2n) is 23.1. The Morgan fingerprint density at radius 3 is 1.38 bits per heavy atom. The van der Waals surface area contributed by atoms with Crippen molar-refractivity contribution in [2.45, 2.75) is 112 Å². The van der Waals surface area contributed by atoms with Gasteiger partial charge in [-0.15, -0.1) is 0 Å². The molecule has 0 radical (unpaired) electrons. The molecule has 0 amide bonds. The van der Waals surface area contributed by atoms with Gasteiger partial charge in [-0.05, 0) is 145 Å². The van der Waals surface area contributed by atoms with E-state index in [1.54, 1.807) is 0 Å². The predicted molar refractivity (Wildman–Crippen MR) is 271 cm³/mol.